The summed E-state index contributed by atoms with van der Waals surface area (Å²) in [6, 6.07) is 76.2. The number of nitrogens with zero attached hydrogens (tertiary/aromatic N) is 6. The van der Waals surface area contributed by atoms with Gasteiger partial charge in [-0.15, -0.1) is 0 Å². The standard InChI is InChI=1S/C56H36N6/c1-4-18-37(19-5-1)50-36-40-24-10-11-29-45(40)53-51(38-20-6-2-7-21-38)52(60-62(50)53)41-25-16-26-42(34-41)55-57-54(39-22-8-3-9-23-39)58-56(59-55)43-27-17-28-44(35-43)61-48-32-14-12-30-46(48)47-31-13-15-33-49(47)61/h1-36H. The molecule has 12 aromatic rings. The zero-order chi connectivity index (χ0) is 41.0. The third-order valence-electron chi connectivity index (χ3n) is 11.8. The molecule has 0 radical (unpaired) electrons. The average Bonchev–Trinajstić information content (AvgIpc) is 3.92. The lowest BCUT2D eigenvalue weighted by atomic mass is 9.96. The number of aromatic nitrogens is 6. The molecule has 0 fully saturated rings. The van der Waals surface area contributed by atoms with Crippen LogP contribution in [-0.4, -0.2) is 29.1 Å². The van der Waals surface area contributed by atoms with Gasteiger partial charge in [-0.2, -0.15) is 5.10 Å². The average molecular weight is 793 g/mol. The Hall–Kier alpha value is -8.48. The Morgan fingerprint density at radius 3 is 1.48 bits per heavy atom. The van der Waals surface area contributed by atoms with Crippen LogP contribution >= 0.6 is 0 Å². The molecule has 6 nitrogen and oxygen atoms in total. The Kier molecular flexibility index (Phi) is 8.38. The van der Waals surface area contributed by atoms with Gasteiger partial charge in [-0.25, -0.2) is 19.5 Å². The molecule has 0 saturated heterocycles. The molecule has 6 heteroatoms. The van der Waals surface area contributed by atoms with Gasteiger partial charge in [-0.3, -0.25) is 0 Å². The fraction of sp³-hybridized carbons (Fsp3) is 0. The molecule has 0 N–H and O–H groups in total. The van der Waals surface area contributed by atoms with Gasteiger partial charge in [-0.1, -0.05) is 182 Å². The van der Waals surface area contributed by atoms with Crippen molar-refractivity contribution in [2.24, 2.45) is 0 Å². The van der Waals surface area contributed by atoms with Crippen LogP contribution in [0.25, 0.3) is 112 Å². The molecule has 12 rings (SSSR count). The first-order chi connectivity index (χ1) is 30.7. The Labute approximate surface area is 357 Å². The monoisotopic (exact) mass is 792 g/mol. The first-order valence-corrected chi connectivity index (χ1v) is 20.8. The normalized spacial score (nSPS) is 11.5. The van der Waals surface area contributed by atoms with E-state index in [1.54, 1.807) is 0 Å². The number of rotatable bonds is 7. The second-order valence-electron chi connectivity index (χ2n) is 15.5. The summed E-state index contributed by atoms with van der Waals surface area (Å²) < 4.78 is 4.45. The van der Waals surface area contributed by atoms with Gasteiger partial charge in [0.2, 0.25) is 0 Å². The van der Waals surface area contributed by atoms with E-state index < -0.39 is 0 Å². The Balaban J connectivity index is 1.05. The van der Waals surface area contributed by atoms with Crippen molar-refractivity contribution in [1.82, 2.24) is 29.1 Å². The molecular weight excluding hydrogens is 757 g/mol. The quantitative estimate of drug-likeness (QED) is 0.161. The van der Waals surface area contributed by atoms with Crippen molar-refractivity contribution in [3.63, 3.8) is 0 Å². The maximum Gasteiger partial charge on any atom is 0.164 e. The number of hydrogen-bond donors (Lipinski definition) is 0. The predicted octanol–water partition coefficient (Wildman–Crippen LogP) is 13.8. The molecule has 0 unspecified atom stereocenters. The minimum Gasteiger partial charge on any atom is -0.309 e. The Bertz CT molecular complexity index is 3570. The Morgan fingerprint density at radius 2 is 0.823 bits per heavy atom. The van der Waals surface area contributed by atoms with Crippen LogP contribution in [0.15, 0.2) is 218 Å². The van der Waals surface area contributed by atoms with E-state index in [1.165, 1.54) is 10.8 Å². The van der Waals surface area contributed by atoms with Crippen molar-refractivity contribution in [1.29, 1.82) is 0 Å². The van der Waals surface area contributed by atoms with Gasteiger partial charge >= 0.3 is 0 Å². The highest BCUT2D eigenvalue weighted by atomic mass is 15.2. The molecule has 290 valence electrons. The lowest BCUT2D eigenvalue weighted by Crippen LogP contribution is -2.01. The molecule has 0 aliphatic heterocycles. The Morgan fingerprint density at radius 1 is 0.339 bits per heavy atom. The lowest BCUT2D eigenvalue weighted by molar-refractivity contribution is 0.979. The van der Waals surface area contributed by atoms with Crippen molar-refractivity contribution in [2.75, 3.05) is 0 Å². The molecule has 62 heavy (non-hydrogen) atoms. The molecule has 0 aliphatic rings. The number of hydrogen-bond acceptors (Lipinski definition) is 4. The summed E-state index contributed by atoms with van der Waals surface area (Å²) in [4.78, 5) is 15.5. The SMILES string of the molecule is c1ccc(-c2nc(-c3cccc(-c4nn5c(-c6ccccc6)cc6ccccc6c5c4-c4ccccc4)c3)nc(-c3cccc(-n4c5ccccc5c5ccccc54)c3)n2)cc1. The highest BCUT2D eigenvalue weighted by Gasteiger charge is 2.23. The van der Waals surface area contributed by atoms with Crippen LogP contribution in [0.1, 0.15) is 0 Å². The van der Waals surface area contributed by atoms with Gasteiger partial charge in [0.1, 0.15) is 5.69 Å². The van der Waals surface area contributed by atoms with Crippen LogP contribution in [-0.2, 0) is 0 Å². The van der Waals surface area contributed by atoms with E-state index >= 15 is 0 Å². The number of benzene rings is 8. The summed E-state index contributed by atoms with van der Waals surface area (Å²) in [5.41, 5.74) is 13.2. The van der Waals surface area contributed by atoms with Gasteiger partial charge in [0, 0.05) is 55.2 Å². The van der Waals surface area contributed by atoms with Crippen LogP contribution < -0.4 is 0 Å². The van der Waals surface area contributed by atoms with Crippen LogP contribution in [0, 0.1) is 0 Å². The van der Waals surface area contributed by atoms with Crippen molar-refractivity contribution in [2.45, 2.75) is 0 Å². The highest BCUT2D eigenvalue weighted by molar-refractivity contribution is 6.10. The predicted molar refractivity (Wildman–Crippen MR) is 253 cm³/mol. The van der Waals surface area contributed by atoms with Gasteiger partial charge in [0.25, 0.3) is 0 Å². The highest BCUT2D eigenvalue weighted by Crippen LogP contribution is 2.42. The minimum absolute atomic E-state index is 0.582. The van der Waals surface area contributed by atoms with Crippen LogP contribution in [0.3, 0.4) is 0 Å². The minimum atomic E-state index is 0.582. The molecule has 0 saturated carbocycles. The summed E-state index contributed by atoms with van der Waals surface area (Å²) in [7, 11) is 0. The molecule has 0 bridgehead atoms. The summed E-state index contributed by atoms with van der Waals surface area (Å²) in [6.07, 6.45) is 0. The maximum absolute atomic E-state index is 5.49. The molecule has 8 aromatic carbocycles. The number of fused-ring (bicyclic) bond motifs is 6. The van der Waals surface area contributed by atoms with E-state index in [4.69, 9.17) is 20.1 Å². The van der Waals surface area contributed by atoms with Gasteiger partial charge in [-0.05, 0) is 47.3 Å². The molecular formula is C56H36N6. The first kappa shape index (κ1) is 35.5. The number of para-hydroxylation sites is 2. The molecule has 0 aliphatic carbocycles. The number of pyridine rings is 1. The second kappa shape index (κ2) is 14.7. The van der Waals surface area contributed by atoms with Crippen LogP contribution in [0.5, 0.6) is 0 Å². The van der Waals surface area contributed by atoms with E-state index in [2.05, 4.69) is 197 Å². The first-order valence-electron chi connectivity index (χ1n) is 20.8. The third-order valence-corrected chi connectivity index (χ3v) is 11.8. The lowest BCUT2D eigenvalue weighted by Gasteiger charge is -2.12. The molecule has 4 aromatic heterocycles. The van der Waals surface area contributed by atoms with E-state index in [-0.39, 0.29) is 0 Å². The third kappa shape index (κ3) is 5.96. The molecule has 0 atom stereocenters. The second-order valence-corrected chi connectivity index (χ2v) is 15.5. The summed E-state index contributed by atoms with van der Waals surface area (Å²) in [5, 5.41) is 10.2. The smallest absolute Gasteiger partial charge is 0.164 e. The van der Waals surface area contributed by atoms with Crippen molar-refractivity contribution in [3.05, 3.63) is 218 Å². The van der Waals surface area contributed by atoms with Crippen LogP contribution in [0.4, 0.5) is 0 Å². The van der Waals surface area contributed by atoms with E-state index in [0.29, 0.717) is 17.5 Å². The summed E-state index contributed by atoms with van der Waals surface area (Å²) >= 11 is 0. The van der Waals surface area contributed by atoms with Gasteiger partial charge in [0.05, 0.1) is 22.2 Å². The summed E-state index contributed by atoms with van der Waals surface area (Å²) in [5.74, 6) is 1.78. The van der Waals surface area contributed by atoms with E-state index in [9.17, 15) is 0 Å². The van der Waals surface area contributed by atoms with E-state index in [0.717, 1.165) is 83.3 Å². The molecule has 0 spiro atoms. The van der Waals surface area contributed by atoms with Crippen molar-refractivity contribution < 1.29 is 0 Å². The topological polar surface area (TPSA) is 60.9 Å². The molecule has 4 heterocycles. The van der Waals surface area contributed by atoms with E-state index in [1.807, 2.05) is 30.3 Å². The fourth-order valence-electron chi connectivity index (χ4n) is 8.92. The zero-order valence-electron chi connectivity index (χ0n) is 33.5. The summed E-state index contributed by atoms with van der Waals surface area (Å²) in [6.45, 7) is 0. The van der Waals surface area contributed by atoms with Gasteiger partial charge < -0.3 is 4.57 Å². The fourth-order valence-corrected chi connectivity index (χ4v) is 8.92. The largest absolute Gasteiger partial charge is 0.309 e. The van der Waals surface area contributed by atoms with Crippen molar-refractivity contribution in [3.8, 4) is 73.5 Å². The maximum atomic E-state index is 5.49. The van der Waals surface area contributed by atoms with Crippen LogP contribution in [0.2, 0.25) is 0 Å². The van der Waals surface area contributed by atoms with Crippen molar-refractivity contribution >= 4 is 38.1 Å². The van der Waals surface area contributed by atoms with Gasteiger partial charge in [0.15, 0.2) is 17.5 Å². The zero-order valence-corrected chi connectivity index (χ0v) is 33.5. The molecule has 0 amide bonds.